The fourth-order valence-corrected chi connectivity index (χ4v) is 2.27. The van der Waals surface area contributed by atoms with Crippen LogP contribution in [-0.4, -0.2) is 10.5 Å². The van der Waals surface area contributed by atoms with Crippen LogP contribution >= 0.6 is 0 Å². The van der Waals surface area contributed by atoms with E-state index in [0.717, 1.165) is 6.07 Å². The van der Waals surface area contributed by atoms with Crippen molar-refractivity contribution in [3.05, 3.63) is 29.3 Å². The first-order chi connectivity index (χ1) is 6.34. The van der Waals surface area contributed by atoms with E-state index in [4.69, 9.17) is 0 Å². The summed E-state index contributed by atoms with van der Waals surface area (Å²) in [5.41, 5.74) is -0.404. The number of alkyl halides is 3. The molecule has 0 N–H and O–H groups in total. The first-order valence-corrected chi connectivity index (χ1v) is 5.40. The van der Waals surface area contributed by atoms with E-state index in [1.165, 1.54) is 25.3 Å². The predicted molar refractivity (Wildman–Crippen MR) is 48.5 cm³/mol. The molecule has 0 heterocycles. The van der Waals surface area contributed by atoms with Crippen LogP contribution in [0.3, 0.4) is 0 Å². The number of aryl methyl sites for hydroxylation is 1. The molecule has 1 aromatic rings. The molecule has 0 fully saturated rings. The van der Waals surface area contributed by atoms with E-state index < -0.39 is 22.5 Å². The van der Waals surface area contributed by atoms with E-state index in [1.54, 1.807) is 0 Å². The van der Waals surface area contributed by atoms with Gasteiger partial charge in [-0.25, -0.2) is 0 Å². The molecule has 0 spiro atoms. The van der Waals surface area contributed by atoms with Gasteiger partial charge in [0.2, 0.25) is 0 Å². The minimum atomic E-state index is -4.44. The molecule has 0 aliphatic heterocycles. The Balaban J connectivity index is 3.44. The molecule has 0 amide bonds. The van der Waals surface area contributed by atoms with Gasteiger partial charge in [-0.05, 0) is 18.6 Å². The van der Waals surface area contributed by atoms with E-state index in [1.807, 2.05) is 0 Å². The van der Waals surface area contributed by atoms with Crippen LogP contribution in [0.4, 0.5) is 13.2 Å². The van der Waals surface area contributed by atoms with Gasteiger partial charge in [0.15, 0.2) is 0 Å². The largest absolute Gasteiger partial charge is 0.417 e. The number of hydrogen-bond acceptors (Lipinski definition) is 1. The summed E-state index contributed by atoms with van der Waals surface area (Å²) in [6.07, 6.45) is -3.19. The van der Waals surface area contributed by atoms with Crippen molar-refractivity contribution in [3.8, 4) is 0 Å². The summed E-state index contributed by atoms with van der Waals surface area (Å²) >= 11 is 0. The molecule has 0 radical (unpaired) electrons. The lowest BCUT2D eigenvalue weighted by atomic mass is 10.1. The molecule has 0 saturated carbocycles. The summed E-state index contributed by atoms with van der Waals surface area (Å²) in [4.78, 5) is -0.125. The number of halogens is 3. The Labute approximate surface area is 82.4 Å². The monoisotopic (exact) mass is 222 g/mol. The van der Waals surface area contributed by atoms with Gasteiger partial charge in [0.25, 0.3) is 0 Å². The van der Waals surface area contributed by atoms with Crippen LogP contribution in [0.15, 0.2) is 23.1 Å². The fourth-order valence-electron chi connectivity index (χ4n) is 1.26. The van der Waals surface area contributed by atoms with Crippen LogP contribution in [0.2, 0.25) is 0 Å². The van der Waals surface area contributed by atoms with Crippen molar-refractivity contribution in [3.63, 3.8) is 0 Å². The summed E-state index contributed by atoms with van der Waals surface area (Å²) in [6, 6.07) is 3.78. The molecular weight excluding hydrogens is 213 g/mol. The van der Waals surface area contributed by atoms with Crippen LogP contribution in [0.25, 0.3) is 0 Å². The lowest BCUT2D eigenvalue weighted by Crippen LogP contribution is -2.10. The van der Waals surface area contributed by atoms with Gasteiger partial charge in [0, 0.05) is 6.26 Å². The molecule has 0 aliphatic rings. The van der Waals surface area contributed by atoms with Crippen molar-refractivity contribution < 1.29 is 17.4 Å². The highest BCUT2D eigenvalue weighted by Gasteiger charge is 2.34. The highest BCUT2D eigenvalue weighted by atomic mass is 32.2. The Morgan fingerprint density at radius 3 is 2.21 bits per heavy atom. The Hall–Kier alpha value is -0.840. The Morgan fingerprint density at radius 1 is 1.29 bits per heavy atom. The zero-order valence-electron chi connectivity index (χ0n) is 7.68. The Kier molecular flexibility index (Phi) is 2.99. The number of benzene rings is 1. The molecule has 0 aromatic heterocycles. The second kappa shape index (κ2) is 3.73. The van der Waals surface area contributed by atoms with Crippen molar-refractivity contribution >= 4 is 10.8 Å². The van der Waals surface area contributed by atoms with Crippen molar-refractivity contribution in [2.45, 2.75) is 18.0 Å². The minimum Gasteiger partial charge on any atom is -0.255 e. The molecule has 1 rings (SSSR count). The molecule has 1 aromatic carbocycles. The van der Waals surface area contributed by atoms with Gasteiger partial charge in [0.1, 0.15) is 0 Å². The summed E-state index contributed by atoms with van der Waals surface area (Å²) in [6.45, 7) is 1.52. The lowest BCUT2D eigenvalue weighted by Gasteiger charge is -2.12. The molecule has 0 bridgehead atoms. The summed E-state index contributed by atoms with van der Waals surface area (Å²) in [7, 11) is -1.62. The Morgan fingerprint density at radius 2 is 1.86 bits per heavy atom. The van der Waals surface area contributed by atoms with Crippen molar-refractivity contribution in [2.24, 2.45) is 0 Å². The molecule has 0 saturated heterocycles. The van der Waals surface area contributed by atoms with Crippen LogP contribution in [0, 0.1) is 6.92 Å². The molecule has 14 heavy (non-hydrogen) atoms. The second-order valence-electron chi connectivity index (χ2n) is 2.90. The van der Waals surface area contributed by atoms with Crippen LogP contribution in [0.1, 0.15) is 11.1 Å². The standard InChI is InChI=1S/C9H9F3OS/c1-6-4-3-5-7(9(10,11)12)8(6)14(2)13/h3-5H,1-2H3. The van der Waals surface area contributed by atoms with Crippen molar-refractivity contribution in [1.82, 2.24) is 0 Å². The van der Waals surface area contributed by atoms with E-state index in [0.29, 0.717) is 5.56 Å². The van der Waals surface area contributed by atoms with Crippen LogP contribution in [0.5, 0.6) is 0 Å². The minimum absolute atomic E-state index is 0.125. The molecule has 5 heteroatoms. The van der Waals surface area contributed by atoms with E-state index in [-0.39, 0.29) is 4.90 Å². The summed E-state index contributed by atoms with van der Waals surface area (Å²) in [5.74, 6) is 0. The zero-order chi connectivity index (χ0) is 10.9. The van der Waals surface area contributed by atoms with Gasteiger partial charge in [-0.1, -0.05) is 12.1 Å². The number of hydrogen-bond donors (Lipinski definition) is 0. The fraction of sp³-hybridized carbons (Fsp3) is 0.333. The quantitative estimate of drug-likeness (QED) is 0.714. The summed E-state index contributed by atoms with van der Waals surface area (Å²) < 4.78 is 48.5. The average molecular weight is 222 g/mol. The SMILES string of the molecule is Cc1cccc(C(F)(F)F)c1S(C)=O. The van der Waals surface area contributed by atoms with Gasteiger partial charge >= 0.3 is 6.18 Å². The second-order valence-corrected chi connectivity index (χ2v) is 4.22. The topological polar surface area (TPSA) is 17.1 Å². The highest BCUT2D eigenvalue weighted by molar-refractivity contribution is 7.84. The molecule has 1 atom stereocenters. The summed E-state index contributed by atoms with van der Waals surface area (Å²) in [5, 5.41) is 0. The van der Waals surface area contributed by atoms with E-state index in [9.17, 15) is 17.4 Å². The predicted octanol–water partition coefficient (Wildman–Crippen LogP) is 2.75. The molecule has 1 nitrogen and oxygen atoms in total. The first kappa shape index (κ1) is 11.2. The smallest absolute Gasteiger partial charge is 0.255 e. The normalized spacial score (nSPS) is 14.1. The molecule has 78 valence electrons. The van der Waals surface area contributed by atoms with Gasteiger partial charge < -0.3 is 0 Å². The van der Waals surface area contributed by atoms with Gasteiger partial charge in [-0.2, -0.15) is 13.2 Å². The lowest BCUT2D eigenvalue weighted by molar-refractivity contribution is -0.139. The maximum atomic E-state index is 12.5. The Bertz CT molecular complexity index is 371. The van der Waals surface area contributed by atoms with Gasteiger partial charge in [-0.3, -0.25) is 4.21 Å². The van der Waals surface area contributed by atoms with Crippen LogP contribution in [-0.2, 0) is 17.0 Å². The first-order valence-electron chi connectivity index (χ1n) is 3.84. The van der Waals surface area contributed by atoms with Crippen molar-refractivity contribution in [1.29, 1.82) is 0 Å². The maximum absolute atomic E-state index is 12.5. The molecule has 0 aliphatic carbocycles. The zero-order valence-corrected chi connectivity index (χ0v) is 8.50. The third-order valence-corrected chi connectivity index (χ3v) is 2.92. The highest BCUT2D eigenvalue weighted by Crippen LogP contribution is 2.34. The maximum Gasteiger partial charge on any atom is 0.417 e. The van der Waals surface area contributed by atoms with Crippen LogP contribution < -0.4 is 0 Å². The van der Waals surface area contributed by atoms with E-state index in [2.05, 4.69) is 0 Å². The average Bonchev–Trinajstić information content (AvgIpc) is 2.01. The molecular formula is C9H9F3OS. The third-order valence-electron chi connectivity index (χ3n) is 1.80. The third kappa shape index (κ3) is 2.15. The number of rotatable bonds is 1. The van der Waals surface area contributed by atoms with Crippen molar-refractivity contribution in [2.75, 3.05) is 6.26 Å². The van der Waals surface area contributed by atoms with E-state index >= 15 is 0 Å². The van der Waals surface area contributed by atoms with Gasteiger partial charge in [-0.15, -0.1) is 0 Å². The van der Waals surface area contributed by atoms with Gasteiger partial charge in [0.05, 0.1) is 21.3 Å². The molecule has 1 unspecified atom stereocenters.